The summed E-state index contributed by atoms with van der Waals surface area (Å²) in [6.45, 7) is 2.84. The lowest BCUT2D eigenvalue weighted by atomic mass is 9.95. The summed E-state index contributed by atoms with van der Waals surface area (Å²) in [6.07, 6.45) is 2.93. The third-order valence-electron chi connectivity index (χ3n) is 3.68. The highest BCUT2D eigenvalue weighted by atomic mass is 32.1. The van der Waals surface area contributed by atoms with Crippen LogP contribution >= 0.6 is 11.3 Å². The lowest BCUT2D eigenvalue weighted by Crippen LogP contribution is -2.04. The Bertz CT molecular complexity index is 722. The smallest absolute Gasteiger partial charge is 0.234 e. The molecule has 2 aromatic heterocycles. The predicted molar refractivity (Wildman–Crippen MR) is 87.4 cm³/mol. The molecule has 0 saturated carbocycles. The van der Waals surface area contributed by atoms with Crippen LogP contribution in [0.5, 0.6) is 0 Å². The van der Waals surface area contributed by atoms with Gasteiger partial charge in [0.2, 0.25) is 4.96 Å². The third kappa shape index (κ3) is 3.03. The normalized spacial score (nSPS) is 12.8. The highest BCUT2D eigenvalue weighted by molar-refractivity contribution is 7.16. The van der Waals surface area contributed by atoms with E-state index in [1.165, 1.54) is 5.56 Å². The molecule has 0 bridgehead atoms. The first-order chi connectivity index (χ1) is 10.8. The van der Waals surface area contributed by atoms with Gasteiger partial charge < -0.3 is 4.74 Å². The first kappa shape index (κ1) is 15.1. The number of hydrogen-bond acceptors (Lipinski definition) is 5. The number of ether oxygens (including phenoxy) is 1. The zero-order valence-corrected chi connectivity index (χ0v) is 13.7. The topological polar surface area (TPSA) is 52.3 Å². The van der Waals surface area contributed by atoms with Crippen molar-refractivity contribution in [2.75, 3.05) is 13.7 Å². The van der Waals surface area contributed by atoms with E-state index in [0.717, 1.165) is 35.1 Å². The van der Waals surface area contributed by atoms with E-state index in [0.29, 0.717) is 12.5 Å². The van der Waals surface area contributed by atoms with Crippen molar-refractivity contribution < 1.29 is 4.74 Å². The van der Waals surface area contributed by atoms with E-state index in [2.05, 4.69) is 41.4 Å². The number of nitrogens with zero attached hydrogens (tertiary/aromatic N) is 4. The molecule has 0 saturated heterocycles. The van der Waals surface area contributed by atoms with Gasteiger partial charge in [0.1, 0.15) is 5.01 Å². The fourth-order valence-electron chi connectivity index (χ4n) is 2.57. The molecule has 1 aromatic carbocycles. The molecule has 0 spiro atoms. The van der Waals surface area contributed by atoms with Crippen LogP contribution in [0.25, 0.3) is 4.96 Å². The molecular weight excluding hydrogens is 296 g/mol. The summed E-state index contributed by atoms with van der Waals surface area (Å²) < 4.78 is 6.99. The number of methoxy groups -OCH3 is 1. The monoisotopic (exact) mass is 316 g/mol. The van der Waals surface area contributed by atoms with Gasteiger partial charge in [-0.15, -0.1) is 10.2 Å². The fourth-order valence-corrected chi connectivity index (χ4v) is 3.59. The quantitative estimate of drug-likeness (QED) is 0.671. The van der Waals surface area contributed by atoms with E-state index in [4.69, 9.17) is 9.84 Å². The second-order valence-corrected chi connectivity index (χ2v) is 6.23. The van der Waals surface area contributed by atoms with Gasteiger partial charge in [0.15, 0.2) is 5.82 Å². The Morgan fingerprint density at radius 2 is 2.05 bits per heavy atom. The number of aromatic nitrogens is 4. The Morgan fingerprint density at radius 3 is 2.77 bits per heavy atom. The summed E-state index contributed by atoms with van der Waals surface area (Å²) in [6, 6.07) is 10.6. The van der Waals surface area contributed by atoms with Crippen LogP contribution in [0.3, 0.4) is 0 Å². The van der Waals surface area contributed by atoms with E-state index >= 15 is 0 Å². The van der Waals surface area contributed by atoms with Crippen molar-refractivity contribution in [2.45, 2.75) is 32.1 Å². The number of rotatable bonds is 7. The molecule has 0 N–H and O–H groups in total. The third-order valence-corrected chi connectivity index (χ3v) is 4.69. The number of fused-ring (bicyclic) bond motifs is 1. The standard InChI is InChI=1S/C16H20N4OS/c1-3-7-13(12-8-5-4-6-9-12)15-19-20-14(10-11-21-2)17-18-16(20)22-15/h4-6,8-9,13H,3,7,10-11H2,1-2H3/t13-/m0/s1. The molecule has 0 aliphatic carbocycles. The molecule has 5 nitrogen and oxygen atoms in total. The lowest BCUT2D eigenvalue weighted by molar-refractivity contribution is 0.200. The Kier molecular flexibility index (Phi) is 4.80. The van der Waals surface area contributed by atoms with Crippen molar-refractivity contribution >= 4 is 16.3 Å². The van der Waals surface area contributed by atoms with Crippen molar-refractivity contribution in [2.24, 2.45) is 0 Å². The molecule has 0 aliphatic rings. The van der Waals surface area contributed by atoms with Crippen LogP contribution in [0.1, 0.15) is 42.1 Å². The summed E-state index contributed by atoms with van der Waals surface area (Å²) >= 11 is 1.63. The second-order valence-electron chi connectivity index (χ2n) is 5.25. The van der Waals surface area contributed by atoms with Crippen LogP contribution in [0, 0.1) is 0 Å². The van der Waals surface area contributed by atoms with Crippen molar-refractivity contribution in [3.05, 3.63) is 46.7 Å². The molecule has 22 heavy (non-hydrogen) atoms. The fraction of sp³-hybridized carbons (Fsp3) is 0.438. The molecule has 0 unspecified atom stereocenters. The van der Waals surface area contributed by atoms with E-state index in [-0.39, 0.29) is 0 Å². The molecule has 0 radical (unpaired) electrons. The maximum absolute atomic E-state index is 5.12. The SMILES string of the molecule is CCC[C@@H](c1ccccc1)c1nn2c(CCOC)nnc2s1. The summed E-state index contributed by atoms with van der Waals surface area (Å²) in [5, 5.41) is 14.3. The summed E-state index contributed by atoms with van der Waals surface area (Å²) in [5.41, 5.74) is 1.31. The van der Waals surface area contributed by atoms with Crippen molar-refractivity contribution in [3.63, 3.8) is 0 Å². The van der Waals surface area contributed by atoms with Gasteiger partial charge in [-0.3, -0.25) is 0 Å². The molecule has 3 rings (SSSR count). The van der Waals surface area contributed by atoms with Crippen LogP contribution in [-0.4, -0.2) is 33.5 Å². The molecule has 3 aromatic rings. The highest BCUT2D eigenvalue weighted by Gasteiger charge is 2.20. The van der Waals surface area contributed by atoms with E-state index < -0.39 is 0 Å². The molecule has 6 heteroatoms. The Balaban J connectivity index is 1.94. The molecule has 0 fully saturated rings. The van der Waals surface area contributed by atoms with Crippen molar-refractivity contribution in [1.29, 1.82) is 0 Å². The van der Waals surface area contributed by atoms with Crippen molar-refractivity contribution in [1.82, 2.24) is 19.8 Å². The van der Waals surface area contributed by atoms with Crippen LogP contribution < -0.4 is 0 Å². The highest BCUT2D eigenvalue weighted by Crippen LogP contribution is 2.32. The van der Waals surface area contributed by atoms with Gasteiger partial charge in [-0.2, -0.15) is 9.61 Å². The molecule has 116 valence electrons. The molecule has 0 amide bonds. The molecule has 1 atom stereocenters. The van der Waals surface area contributed by atoms with Gasteiger partial charge in [0.05, 0.1) is 6.61 Å². The van der Waals surface area contributed by atoms with Gasteiger partial charge in [0, 0.05) is 19.4 Å². The average Bonchev–Trinajstić information content (AvgIpc) is 3.12. The van der Waals surface area contributed by atoms with Gasteiger partial charge in [-0.05, 0) is 12.0 Å². The van der Waals surface area contributed by atoms with Crippen LogP contribution in [0.2, 0.25) is 0 Å². The van der Waals surface area contributed by atoms with Gasteiger partial charge >= 0.3 is 0 Å². The minimum Gasteiger partial charge on any atom is -0.384 e. The second kappa shape index (κ2) is 6.98. The Hall–Kier alpha value is -1.79. The number of benzene rings is 1. The average molecular weight is 316 g/mol. The van der Waals surface area contributed by atoms with Crippen LogP contribution in [0.4, 0.5) is 0 Å². The zero-order valence-electron chi connectivity index (χ0n) is 12.9. The van der Waals surface area contributed by atoms with Gasteiger partial charge in [-0.1, -0.05) is 55.0 Å². The summed E-state index contributed by atoms with van der Waals surface area (Å²) in [7, 11) is 1.69. The van der Waals surface area contributed by atoms with Crippen LogP contribution in [-0.2, 0) is 11.2 Å². The maximum atomic E-state index is 5.12. The van der Waals surface area contributed by atoms with E-state index in [1.54, 1.807) is 18.4 Å². The van der Waals surface area contributed by atoms with E-state index in [9.17, 15) is 0 Å². The Labute approximate surface area is 134 Å². The minimum atomic E-state index is 0.327. The summed E-state index contributed by atoms with van der Waals surface area (Å²) in [4.78, 5) is 0.859. The first-order valence-corrected chi connectivity index (χ1v) is 8.40. The van der Waals surface area contributed by atoms with Gasteiger partial charge in [0.25, 0.3) is 0 Å². The lowest BCUT2D eigenvalue weighted by Gasteiger charge is -2.13. The minimum absolute atomic E-state index is 0.327. The van der Waals surface area contributed by atoms with Gasteiger partial charge in [-0.25, -0.2) is 0 Å². The predicted octanol–water partition coefficient (Wildman–Crippen LogP) is 3.31. The zero-order chi connectivity index (χ0) is 15.4. The van der Waals surface area contributed by atoms with Crippen LogP contribution in [0.15, 0.2) is 30.3 Å². The van der Waals surface area contributed by atoms with Crippen molar-refractivity contribution in [3.8, 4) is 0 Å². The number of hydrogen-bond donors (Lipinski definition) is 0. The maximum Gasteiger partial charge on any atom is 0.234 e. The molecular formula is C16H20N4OS. The molecule has 2 heterocycles. The first-order valence-electron chi connectivity index (χ1n) is 7.58. The summed E-state index contributed by atoms with van der Waals surface area (Å²) in [5.74, 6) is 1.19. The van der Waals surface area contributed by atoms with E-state index in [1.807, 2.05) is 10.6 Å². The molecule has 0 aliphatic heterocycles. The Morgan fingerprint density at radius 1 is 1.23 bits per heavy atom. The largest absolute Gasteiger partial charge is 0.384 e.